The number of hydrogen-bond acceptors (Lipinski definition) is 4. The number of carbonyl (C=O) groups is 1. The molecule has 3 rings (SSSR count). The fourth-order valence-electron chi connectivity index (χ4n) is 4.46. The summed E-state index contributed by atoms with van der Waals surface area (Å²) in [6.45, 7) is 5.58. The third-order valence-corrected chi connectivity index (χ3v) is 7.93. The van der Waals surface area contributed by atoms with Gasteiger partial charge < -0.3 is 10.2 Å². The molecule has 1 amide bonds. The van der Waals surface area contributed by atoms with Gasteiger partial charge >= 0.3 is 0 Å². The van der Waals surface area contributed by atoms with Crippen LogP contribution in [0.5, 0.6) is 0 Å². The third kappa shape index (κ3) is 5.91. The molecule has 166 valence electrons. The lowest BCUT2D eigenvalue weighted by atomic mass is 9.93. The Labute approximate surface area is 181 Å². The summed E-state index contributed by atoms with van der Waals surface area (Å²) in [6, 6.07) is 4.86. The smallest absolute Gasteiger partial charge is 0.282 e. The molecule has 2 fully saturated rings. The molecule has 1 heterocycles. The number of nitrogens with zero attached hydrogens (tertiary/aromatic N) is 2. The van der Waals surface area contributed by atoms with Crippen molar-refractivity contribution in [2.75, 3.05) is 25.5 Å². The Bertz CT molecular complexity index is 879. The highest BCUT2D eigenvalue weighted by Crippen LogP contribution is 2.27. The molecule has 0 atom stereocenters. The van der Waals surface area contributed by atoms with Crippen molar-refractivity contribution in [3.63, 3.8) is 0 Å². The molecule has 0 aromatic heterocycles. The van der Waals surface area contributed by atoms with Crippen molar-refractivity contribution >= 4 is 27.3 Å². The van der Waals surface area contributed by atoms with Gasteiger partial charge in [-0.1, -0.05) is 25.7 Å². The number of likely N-dealkylation sites (tertiary alicyclic amines) is 1. The molecule has 1 aromatic rings. The van der Waals surface area contributed by atoms with Gasteiger partial charge in [0.1, 0.15) is 0 Å². The van der Waals surface area contributed by atoms with Crippen molar-refractivity contribution < 1.29 is 13.2 Å². The van der Waals surface area contributed by atoms with E-state index in [1.807, 2.05) is 13.8 Å². The topological polar surface area (TPSA) is 78.8 Å². The van der Waals surface area contributed by atoms with Crippen LogP contribution in [0.2, 0.25) is 0 Å². The van der Waals surface area contributed by atoms with Crippen molar-refractivity contribution in [3.05, 3.63) is 23.8 Å². The second-order valence-electron chi connectivity index (χ2n) is 8.94. The number of benzene rings is 1. The Morgan fingerprint density at radius 2 is 1.67 bits per heavy atom. The first-order valence-corrected chi connectivity index (χ1v) is 12.6. The van der Waals surface area contributed by atoms with Gasteiger partial charge in [0.2, 0.25) is 5.91 Å². The van der Waals surface area contributed by atoms with Gasteiger partial charge in [0.05, 0.1) is 4.90 Å². The molecule has 1 N–H and O–H groups in total. The molecule has 0 radical (unpaired) electrons. The van der Waals surface area contributed by atoms with Crippen LogP contribution in [-0.2, 0) is 14.8 Å². The Balaban J connectivity index is 1.70. The van der Waals surface area contributed by atoms with Crippen molar-refractivity contribution in [1.82, 2.24) is 4.90 Å². The van der Waals surface area contributed by atoms with Gasteiger partial charge in [0, 0.05) is 23.2 Å². The summed E-state index contributed by atoms with van der Waals surface area (Å²) in [4.78, 5) is 15.1. The van der Waals surface area contributed by atoms with Crippen molar-refractivity contribution in [1.29, 1.82) is 0 Å². The lowest BCUT2D eigenvalue weighted by Crippen LogP contribution is -2.33. The van der Waals surface area contributed by atoms with Crippen molar-refractivity contribution in [2.45, 2.75) is 70.1 Å². The van der Waals surface area contributed by atoms with E-state index in [-0.39, 0.29) is 22.6 Å². The minimum absolute atomic E-state index is 0.0479. The molecule has 2 aliphatic rings. The molecule has 1 saturated heterocycles. The lowest BCUT2D eigenvalue weighted by Gasteiger charge is -2.28. The van der Waals surface area contributed by atoms with Crippen LogP contribution in [-0.4, -0.2) is 45.1 Å². The maximum absolute atomic E-state index is 12.8. The van der Waals surface area contributed by atoms with Gasteiger partial charge in [-0.3, -0.25) is 4.79 Å². The highest BCUT2D eigenvalue weighted by Gasteiger charge is 2.23. The fraction of sp³-hybridized carbons (Fsp3) is 0.652. The minimum Gasteiger partial charge on any atom is -0.326 e. The van der Waals surface area contributed by atoms with Crippen LogP contribution < -0.4 is 5.32 Å². The van der Waals surface area contributed by atoms with Crippen LogP contribution in [0.4, 0.5) is 5.69 Å². The maximum atomic E-state index is 12.8. The largest absolute Gasteiger partial charge is 0.326 e. The molecule has 30 heavy (non-hydrogen) atoms. The quantitative estimate of drug-likeness (QED) is 0.551. The highest BCUT2D eigenvalue weighted by molar-refractivity contribution is 7.90. The molecule has 1 aromatic carbocycles. The Morgan fingerprint density at radius 1 is 1.03 bits per heavy atom. The maximum Gasteiger partial charge on any atom is 0.282 e. The summed E-state index contributed by atoms with van der Waals surface area (Å²) in [5.74, 6) is 0.319. The van der Waals surface area contributed by atoms with Crippen LogP contribution in [0.25, 0.3) is 0 Å². The average molecular weight is 434 g/mol. The number of amides is 1. The zero-order chi connectivity index (χ0) is 21.7. The van der Waals surface area contributed by atoms with Crippen LogP contribution in [0.15, 0.2) is 27.5 Å². The second-order valence-corrected chi connectivity index (χ2v) is 10.5. The number of carbonyl (C=O) groups excluding carboxylic acids is 1. The third-order valence-electron chi connectivity index (χ3n) is 6.55. The number of piperidine rings is 1. The monoisotopic (exact) mass is 433 g/mol. The molecule has 0 unspecified atom stereocenters. The molecule has 6 nitrogen and oxygen atoms in total. The van der Waals surface area contributed by atoms with E-state index in [0.717, 1.165) is 57.2 Å². The Kier molecular flexibility index (Phi) is 7.69. The minimum atomic E-state index is -3.75. The Hall–Kier alpha value is -1.73. The Morgan fingerprint density at radius 3 is 2.27 bits per heavy atom. The summed E-state index contributed by atoms with van der Waals surface area (Å²) in [5.41, 5.74) is 2.11. The fourth-order valence-corrected chi connectivity index (χ4v) is 5.66. The van der Waals surface area contributed by atoms with Gasteiger partial charge in [-0.2, -0.15) is 12.8 Å². The molecular formula is C23H35N3O3S. The summed E-state index contributed by atoms with van der Waals surface area (Å²) in [5, 5.41) is 3.01. The first-order valence-electron chi connectivity index (χ1n) is 11.2. The number of rotatable bonds is 5. The second kappa shape index (κ2) is 10.1. The van der Waals surface area contributed by atoms with E-state index in [1.165, 1.54) is 12.8 Å². The first-order chi connectivity index (χ1) is 14.3. The molecule has 0 spiro atoms. The average Bonchev–Trinajstić information content (AvgIpc) is 2.99. The number of aryl methyl sites for hydroxylation is 1. The van der Waals surface area contributed by atoms with Crippen LogP contribution in [0.3, 0.4) is 0 Å². The van der Waals surface area contributed by atoms with E-state index < -0.39 is 10.0 Å². The highest BCUT2D eigenvalue weighted by atomic mass is 32.2. The van der Waals surface area contributed by atoms with Gasteiger partial charge in [-0.15, -0.1) is 0 Å². The van der Waals surface area contributed by atoms with E-state index in [2.05, 4.69) is 21.7 Å². The normalized spacial score (nSPS) is 20.7. The first kappa shape index (κ1) is 22.9. The van der Waals surface area contributed by atoms with Crippen molar-refractivity contribution in [3.8, 4) is 0 Å². The molecule has 1 aliphatic heterocycles. The lowest BCUT2D eigenvalue weighted by molar-refractivity contribution is -0.120. The zero-order valence-corrected chi connectivity index (χ0v) is 19.3. The van der Waals surface area contributed by atoms with E-state index >= 15 is 0 Å². The summed E-state index contributed by atoms with van der Waals surface area (Å²) < 4.78 is 29.8. The van der Waals surface area contributed by atoms with E-state index in [0.29, 0.717) is 11.4 Å². The summed E-state index contributed by atoms with van der Waals surface area (Å²) in [7, 11) is -1.67. The van der Waals surface area contributed by atoms with Gasteiger partial charge in [0.15, 0.2) is 0 Å². The number of anilines is 1. The number of nitrogens with one attached hydrogen (secondary N) is 1. The summed E-state index contributed by atoms with van der Waals surface area (Å²) >= 11 is 0. The predicted molar refractivity (Wildman–Crippen MR) is 122 cm³/mol. The van der Waals surface area contributed by atoms with Crippen LogP contribution >= 0.6 is 0 Å². The molecule has 1 aliphatic carbocycles. The van der Waals surface area contributed by atoms with Crippen LogP contribution in [0, 0.1) is 18.8 Å². The SMILES string of the molecule is CC(=NS(=O)(=O)c1ccc(NC(=O)C2CCCCCC2)c(C)c1)C1CCN(C)CC1. The molecule has 0 bridgehead atoms. The number of sulfonamides is 1. The molecular weight excluding hydrogens is 398 g/mol. The van der Waals surface area contributed by atoms with Crippen molar-refractivity contribution in [2.24, 2.45) is 16.2 Å². The zero-order valence-electron chi connectivity index (χ0n) is 18.5. The molecule has 7 heteroatoms. The van der Waals surface area contributed by atoms with E-state index in [1.54, 1.807) is 18.2 Å². The van der Waals surface area contributed by atoms with Gasteiger partial charge in [-0.05, 0) is 83.4 Å². The predicted octanol–water partition coefficient (Wildman–Crippen LogP) is 4.40. The molecule has 1 saturated carbocycles. The standard InChI is InChI=1S/C23H35N3O3S/c1-17-16-21(30(28,29)25-18(2)19-12-14-26(3)15-13-19)10-11-22(17)24-23(27)20-8-6-4-5-7-9-20/h10-11,16,19-20H,4-9,12-15H2,1-3H3,(H,24,27). The summed E-state index contributed by atoms with van der Waals surface area (Å²) in [6.07, 6.45) is 8.34. The van der Waals surface area contributed by atoms with Crippen LogP contribution in [0.1, 0.15) is 63.9 Å². The van der Waals surface area contributed by atoms with Gasteiger partial charge in [0.25, 0.3) is 10.0 Å². The van der Waals surface area contributed by atoms with Gasteiger partial charge in [-0.25, -0.2) is 0 Å². The van der Waals surface area contributed by atoms with E-state index in [4.69, 9.17) is 0 Å². The number of hydrogen-bond donors (Lipinski definition) is 1. The van der Waals surface area contributed by atoms with E-state index in [9.17, 15) is 13.2 Å².